The minimum absolute atomic E-state index is 0. The summed E-state index contributed by atoms with van der Waals surface area (Å²) in [5, 5.41) is 0. The zero-order valence-corrected chi connectivity index (χ0v) is 24.9. The van der Waals surface area contributed by atoms with E-state index in [-0.39, 0.29) is 37.2 Å². The van der Waals surface area contributed by atoms with Crippen molar-refractivity contribution in [2.24, 2.45) is 0 Å². The van der Waals surface area contributed by atoms with E-state index in [1.165, 1.54) is 48.4 Å². The SMILES string of the molecule is [Cl-].[Cl-].[Cl-].[Ti+3][C]1=C(c2ccccc2)C(c2ccccc2)=C(c2ccccc2)C1(c1ccccc1)c1ccccc1. The Bertz CT molecular complexity index is 1510. The molecule has 6 rings (SSSR count). The van der Waals surface area contributed by atoms with Gasteiger partial charge in [-0.2, -0.15) is 0 Å². The monoisotopic (exact) mass is 598 g/mol. The molecule has 0 saturated carbocycles. The average Bonchev–Trinajstić information content (AvgIpc) is 3.25. The van der Waals surface area contributed by atoms with E-state index in [4.69, 9.17) is 0 Å². The molecule has 0 bridgehead atoms. The predicted octanol–water partition coefficient (Wildman–Crippen LogP) is -0.433. The van der Waals surface area contributed by atoms with E-state index in [0.29, 0.717) is 0 Å². The quantitative estimate of drug-likeness (QED) is 0.241. The van der Waals surface area contributed by atoms with Crippen molar-refractivity contribution in [3.8, 4) is 0 Å². The molecular formula is C35H25Cl3Ti. The summed E-state index contributed by atoms with van der Waals surface area (Å²) in [5.41, 5.74) is 9.82. The van der Waals surface area contributed by atoms with Gasteiger partial charge in [-0.3, -0.25) is 0 Å². The summed E-state index contributed by atoms with van der Waals surface area (Å²) in [5.74, 6) is 0. The van der Waals surface area contributed by atoms with Crippen LogP contribution in [0.3, 0.4) is 0 Å². The van der Waals surface area contributed by atoms with E-state index >= 15 is 0 Å². The second kappa shape index (κ2) is 13.5. The molecular weight excluding hydrogens is 575 g/mol. The van der Waals surface area contributed by atoms with E-state index in [1.807, 2.05) is 0 Å². The molecule has 0 atom stereocenters. The number of rotatable bonds is 5. The van der Waals surface area contributed by atoms with Crippen LogP contribution in [-0.2, 0) is 25.9 Å². The zero-order valence-electron chi connectivity index (χ0n) is 21.1. The maximum absolute atomic E-state index is 2.33. The van der Waals surface area contributed by atoms with Gasteiger partial charge < -0.3 is 37.2 Å². The second-order valence-corrected chi connectivity index (χ2v) is 9.86. The first-order valence-corrected chi connectivity index (χ1v) is 13.1. The van der Waals surface area contributed by atoms with E-state index in [1.54, 1.807) is 0 Å². The zero-order chi connectivity index (χ0) is 24.4. The topological polar surface area (TPSA) is 0 Å². The van der Waals surface area contributed by atoms with Gasteiger partial charge in [-0.05, 0) is 0 Å². The molecule has 0 nitrogen and oxygen atoms in total. The Labute approximate surface area is 261 Å². The fourth-order valence-electron chi connectivity index (χ4n) is 5.62. The van der Waals surface area contributed by atoms with Crippen LogP contribution in [0.25, 0.3) is 16.7 Å². The Morgan fingerprint density at radius 3 is 1.05 bits per heavy atom. The molecule has 0 heterocycles. The molecule has 5 aromatic rings. The average molecular weight is 600 g/mol. The van der Waals surface area contributed by atoms with Crippen LogP contribution in [-0.4, -0.2) is 0 Å². The molecule has 0 spiro atoms. The van der Waals surface area contributed by atoms with Gasteiger partial charge in [0.15, 0.2) is 0 Å². The molecule has 1 aliphatic rings. The first-order chi connectivity index (χ1) is 17.8. The van der Waals surface area contributed by atoms with Gasteiger partial charge in [-0.15, -0.1) is 0 Å². The third kappa shape index (κ3) is 5.33. The molecule has 0 amide bonds. The standard InChI is InChI=1S/C35H25.3ClH.Ti/c1-6-16-27(17-7-1)32-26-35(30-22-12-4-13-23-30,31-24-14-5-15-25-31)34(29-20-10-3-11-21-29)33(32)28-18-8-2-9-19-28;;;;/h1-25H;3*1H;/q;;;;+3/p-3. The summed E-state index contributed by atoms with van der Waals surface area (Å²) in [4.78, 5) is 0. The third-order valence-corrected chi connectivity index (χ3v) is 8.08. The van der Waals surface area contributed by atoms with E-state index in [0.717, 1.165) is 0 Å². The summed E-state index contributed by atoms with van der Waals surface area (Å²) < 4.78 is 1.35. The first kappa shape index (κ1) is 30.7. The number of benzene rings is 5. The van der Waals surface area contributed by atoms with Gasteiger partial charge in [0, 0.05) is 0 Å². The summed E-state index contributed by atoms with van der Waals surface area (Å²) in [7, 11) is 0. The van der Waals surface area contributed by atoms with Gasteiger partial charge in [0.25, 0.3) is 0 Å². The fourth-order valence-corrected chi connectivity index (χ4v) is 6.69. The van der Waals surface area contributed by atoms with Gasteiger partial charge >= 0.3 is 226 Å². The van der Waals surface area contributed by atoms with Crippen LogP contribution in [0.15, 0.2) is 156 Å². The normalized spacial score (nSPS) is 13.7. The van der Waals surface area contributed by atoms with Gasteiger partial charge in [0.1, 0.15) is 0 Å². The van der Waals surface area contributed by atoms with Crippen LogP contribution >= 0.6 is 0 Å². The Kier molecular flexibility index (Phi) is 10.6. The summed E-state index contributed by atoms with van der Waals surface area (Å²) in [6.07, 6.45) is 0. The molecule has 5 aromatic carbocycles. The molecule has 0 saturated heterocycles. The van der Waals surface area contributed by atoms with E-state index < -0.39 is 5.41 Å². The van der Waals surface area contributed by atoms with Crippen molar-refractivity contribution >= 4 is 16.7 Å². The molecule has 0 aromatic heterocycles. The molecule has 1 aliphatic carbocycles. The van der Waals surface area contributed by atoms with Crippen LogP contribution in [0.4, 0.5) is 0 Å². The molecule has 0 fully saturated rings. The second-order valence-electron chi connectivity index (χ2n) is 9.08. The van der Waals surface area contributed by atoms with Crippen molar-refractivity contribution in [3.05, 3.63) is 183 Å². The summed E-state index contributed by atoms with van der Waals surface area (Å²) in [6, 6.07) is 54.7. The Morgan fingerprint density at radius 2 is 0.667 bits per heavy atom. The van der Waals surface area contributed by atoms with Crippen molar-refractivity contribution in [3.63, 3.8) is 0 Å². The van der Waals surface area contributed by atoms with Gasteiger partial charge in [-0.25, -0.2) is 0 Å². The Morgan fingerprint density at radius 1 is 0.359 bits per heavy atom. The van der Waals surface area contributed by atoms with Gasteiger partial charge in [0.2, 0.25) is 0 Å². The number of hydrogen-bond acceptors (Lipinski definition) is 0. The van der Waals surface area contributed by atoms with E-state index in [2.05, 4.69) is 172 Å². The Balaban J connectivity index is 0.00000140. The van der Waals surface area contributed by atoms with Crippen LogP contribution in [0.2, 0.25) is 0 Å². The van der Waals surface area contributed by atoms with Gasteiger partial charge in [-0.1, -0.05) is 0 Å². The fraction of sp³-hybridized carbons (Fsp3) is 0.0286. The number of hydrogen-bond donors (Lipinski definition) is 0. The molecule has 190 valence electrons. The molecule has 0 radical (unpaired) electrons. The summed E-state index contributed by atoms with van der Waals surface area (Å²) in [6.45, 7) is 0. The van der Waals surface area contributed by atoms with Crippen LogP contribution in [0, 0.1) is 0 Å². The predicted molar refractivity (Wildman–Crippen MR) is 147 cm³/mol. The van der Waals surface area contributed by atoms with Crippen molar-refractivity contribution in [1.29, 1.82) is 0 Å². The third-order valence-electron chi connectivity index (χ3n) is 7.10. The van der Waals surface area contributed by atoms with Crippen molar-refractivity contribution in [2.45, 2.75) is 5.41 Å². The van der Waals surface area contributed by atoms with Crippen LogP contribution < -0.4 is 37.2 Å². The van der Waals surface area contributed by atoms with E-state index in [9.17, 15) is 0 Å². The van der Waals surface area contributed by atoms with Crippen molar-refractivity contribution in [2.75, 3.05) is 0 Å². The van der Waals surface area contributed by atoms with Crippen LogP contribution in [0.1, 0.15) is 27.8 Å². The van der Waals surface area contributed by atoms with Crippen molar-refractivity contribution in [1.82, 2.24) is 0 Å². The minimum atomic E-state index is -0.430. The number of halogens is 3. The molecule has 0 aliphatic heterocycles. The van der Waals surface area contributed by atoms with Gasteiger partial charge in [0.05, 0.1) is 0 Å². The molecule has 4 heteroatoms. The summed E-state index contributed by atoms with van der Waals surface area (Å²) >= 11 is 2.33. The molecule has 0 N–H and O–H groups in total. The van der Waals surface area contributed by atoms with Crippen molar-refractivity contribution < 1.29 is 57.7 Å². The van der Waals surface area contributed by atoms with Crippen LogP contribution in [0.5, 0.6) is 0 Å². The first-order valence-electron chi connectivity index (χ1n) is 12.3. The number of allylic oxidation sites excluding steroid dienone is 4. The molecule has 39 heavy (non-hydrogen) atoms. The molecule has 0 unspecified atom stereocenters. The maximum atomic E-state index is 2.33. The Hall–Kier alpha value is -2.84.